The van der Waals surface area contributed by atoms with E-state index in [9.17, 15) is 4.79 Å². The molecule has 3 rings (SSSR count). The molecule has 0 bridgehead atoms. The molecule has 18 heavy (non-hydrogen) atoms. The minimum Gasteiger partial charge on any atom is -0.473 e. The molecule has 0 saturated heterocycles. The molecule has 0 heterocycles. The van der Waals surface area contributed by atoms with Gasteiger partial charge >= 0.3 is 5.30 Å². The topological polar surface area (TPSA) is 37.3 Å². The molecule has 0 atom stereocenters. The molecule has 1 N–H and O–H groups in total. The van der Waals surface area contributed by atoms with Crippen molar-refractivity contribution in [1.29, 1.82) is 0 Å². The van der Waals surface area contributed by atoms with E-state index in [0.717, 1.165) is 38.2 Å². The first-order chi connectivity index (χ1) is 8.75. The third kappa shape index (κ3) is 1.83. The molecular weight excluding hydrogens is 244 g/mol. The van der Waals surface area contributed by atoms with Gasteiger partial charge in [0.25, 0.3) is 0 Å². The van der Waals surface area contributed by atoms with E-state index < -0.39 is 5.30 Å². The van der Waals surface area contributed by atoms with E-state index in [1.807, 2.05) is 48.5 Å². The predicted octanol–water partition coefficient (Wildman–Crippen LogP) is 4.76. The van der Waals surface area contributed by atoms with Crippen molar-refractivity contribution in [3.8, 4) is 0 Å². The van der Waals surface area contributed by atoms with Gasteiger partial charge in [0, 0.05) is 4.90 Å². The van der Waals surface area contributed by atoms with Crippen LogP contribution in [0.1, 0.15) is 0 Å². The van der Waals surface area contributed by atoms with Crippen molar-refractivity contribution in [2.75, 3.05) is 0 Å². The average molecular weight is 254 g/mol. The zero-order valence-corrected chi connectivity index (χ0v) is 10.3. The molecule has 3 aromatic rings. The number of fused-ring (bicyclic) bond motifs is 2. The fourth-order valence-corrected chi connectivity index (χ4v) is 2.94. The van der Waals surface area contributed by atoms with Crippen LogP contribution in [0.2, 0.25) is 0 Å². The zero-order chi connectivity index (χ0) is 12.5. The Morgan fingerprint density at radius 3 is 1.89 bits per heavy atom. The summed E-state index contributed by atoms with van der Waals surface area (Å²) in [6, 6.07) is 17.8. The Morgan fingerprint density at radius 1 is 0.889 bits per heavy atom. The van der Waals surface area contributed by atoms with E-state index in [4.69, 9.17) is 5.11 Å². The van der Waals surface area contributed by atoms with Gasteiger partial charge in [0.2, 0.25) is 0 Å². The Bertz CT molecular complexity index is 696. The molecule has 0 aromatic heterocycles. The number of hydrogen-bond donors (Lipinski definition) is 1. The largest absolute Gasteiger partial charge is 0.473 e. The standard InChI is InChI=1S/C15H10O2S/c16-15(17)18-14-12-7-3-1-5-10(12)9-11-6-2-4-8-13(11)14/h1-9H,(H,16,17). The highest BCUT2D eigenvalue weighted by molar-refractivity contribution is 8.13. The number of hydrogen-bond acceptors (Lipinski definition) is 2. The van der Waals surface area contributed by atoms with Crippen molar-refractivity contribution in [3.05, 3.63) is 54.6 Å². The number of benzene rings is 3. The number of carbonyl (C=O) groups is 1. The Morgan fingerprint density at radius 2 is 1.39 bits per heavy atom. The van der Waals surface area contributed by atoms with Gasteiger partial charge < -0.3 is 5.11 Å². The Labute approximate surface area is 108 Å². The van der Waals surface area contributed by atoms with E-state index >= 15 is 0 Å². The van der Waals surface area contributed by atoms with Crippen molar-refractivity contribution in [2.24, 2.45) is 0 Å². The fourth-order valence-electron chi connectivity index (χ4n) is 2.17. The van der Waals surface area contributed by atoms with Gasteiger partial charge in [-0.3, -0.25) is 0 Å². The first-order valence-electron chi connectivity index (χ1n) is 5.57. The van der Waals surface area contributed by atoms with Crippen LogP contribution in [0.15, 0.2) is 59.5 Å². The smallest absolute Gasteiger partial charge is 0.369 e. The molecule has 0 fully saturated rings. The van der Waals surface area contributed by atoms with Gasteiger partial charge in [0.15, 0.2) is 0 Å². The molecule has 2 nitrogen and oxygen atoms in total. The predicted molar refractivity (Wildman–Crippen MR) is 75.3 cm³/mol. The third-order valence-corrected chi connectivity index (χ3v) is 3.73. The molecular formula is C15H10O2S. The highest BCUT2D eigenvalue weighted by atomic mass is 32.2. The molecule has 0 unspecified atom stereocenters. The lowest BCUT2D eigenvalue weighted by atomic mass is 10.0. The van der Waals surface area contributed by atoms with E-state index in [0.29, 0.717) is 0 Å². The van der Waals surface area contributed by atoms with Crippen molar-refractivity contribution in [1.82, 2.24) is 0 Å². The fraction of sp³-hybridized carbons (Fsp3) is 0. The van der Waals surface area contributed by atoms with E-state index in [1.165, 1.54) is 0 Å². The maximum absolute atomic E-state index is 11.0. The monoisotopic (exact) mass is 254 g/mol. The third-order valence-electron chi connectivity index (χ3n) is 2.91. The SMILES string of the molecule is O=C(O)Sc1c2ccccc2cc2ccccc12. The Hall–Kier alpha value is -2.00. The molecule has 0 spiro atoms. The molecule has 0 aliphatic rings. The number of rotatable bonds is 1. The highest BCUT2D eigenvalue weighted by Gasteiger charge is 2.11. The van der Waals surface area contributed by atoms with Crippen LogP contribution in [0.4, 0.5) is 4.79 Å². The minimum atomic E-state index is -0.878. The van der Waals surface area contributed by atoms with Gasteiger partial charge in [-0.05, 0) is 39.4 Å². The second-order valence-electron chi connectivity index (χ2n) is 4.02. The highest BCUT2D eigenvalue weighted by Crippen LogP contribution is 2.35. The molecule has 0 aliphatic heterocycles. The average Bonchev–Trinajstić information content (AvgIpc) is 2.38. The van der Waals surface area contributed by atoms with Crippen LogP contribution in [0.25, 0.3) is 21.5 Å². The summed E-state index contributed by atoms with van der Waals surface area (Å²) in [5, 5.41) is 12.3. The lowest BCUT2D eigenvalue weighted by Crippen LogP contribution is -1.87. The van der Waals surface area contributed by atoms with Crippen LogP contribution in [-0.2, 0) is 0 Å². The second-order valence-corrected chi connectivity index (χ2v) is 4.98. The molecule has 0 saturated carbocycles. The summed E-state index contributed by atoms with van der Waals surface area (Å²) >= 11 is 0.874. The van der Waals surface area contributed by atoms with E-state index in [-0.39, 0.29) is 0 Å². The summed E-state index contributed by atoms with van der Waals surface area (Å²) in [6.45, 7) is 0. The van der Waals surface area contributed by atoms with Gasteiger partial charge in [-0.25, -0.2) is 4.79 Å². The lowest BCUT2D eigenvalue weighted by molar-refractivity contribution is 0.222. The number of carboxylic acid groups (broad SMARTS) is 1. The Kier molecular flexibility index (Phi) is 2.68. The zero-order valence-electron chi connectivity index (χ0n) is 9.46. The summed E-state index contributed by atoms with van der Waals surface area (Å²) in [6.07, 6.45) is 0. The second kappa shape index (κ2) is 4.35. The van der Waals surface area contributed by atoms with Gasteiger partial charge in [-0.2, -0.15) is 0 Å². The summed E-state index contributed by atoms with van der Waals surface area (Å²) in [7, 11) is 0. The molecule has 88 valence electrons. The van der Waals surface area contributed by atoms with Crippen molar-refractivity contribution in [3.63, 3.8) is 0 Å². The van der Waals surface area contributed by atoms with Crippen LogP contribution in [-0.4, -0.2) is 10.4 Å². The van der Waals surface area contributed by atoms with Crippen molar-refractivity contribution < 1.29 is 9.90 Å². The summed E-state index contributed by atoms with van der Waals surface area (Å²) in [5.74, 6) is 0. The van der Waals surface area contributed by atoms with Gasteiger partial charge in [0.05, 0.1) is 0 Å². The molecule has 0 amide bonds. The Balaban J connectivity index is 2.45. The maximum atomic E-state index is 11.0. The molecule has 0 radical (unpaired) electrons. The van der Waals surface area contributed by atoms with Crippen LogP contribution < -0.4 is 0 Å². The maximum Gasteiger partial charge on any atom is 0.369 e. The van der Waals surface area contributed by atoms with Crippen LogP contribution in [0.5, 0.6) is 0 Å². The number of thioether (sulfide) groups is 1. The first kappa shape index (κ1) is 11.1. The molecule has 3 aromatic carbocycles. The van der Waals surface area contributed by atoms with Crippen molar-refractivity contribution >= 4 is 38.6 Å². The van der Waals surface area contributed by atoms with Gasteiger partial charge in [-0.1, -0.05) is 48.5 Å². The normalized spacial score (nSPS) is 10.9. The van der Waals surface area contributed by atoms with Crippen molar-refractivity contribution in [2.45, 2.75) is 4.90 Å². The van der Waals surface area contributed by atoms with E-state index in [2.05, 4.69) is 6.07 Å². The van der Waals surface area contributed by atoms with Crippen LogP contribution in [0.3, 0.4) is 0 Å². The first-order valence-corrected chi connectivity index (χ1v) is 6.38. The molecule has 0 aliphatic carbocycles. The van der Waals surface area contributed by atoms with Crippen LogP contribution >= 0.6 is 11.8 Å². The van der Waals surface area contributed by atoms with Gasteiger partial charge in [0.1, 0.15) is 0 Å². The van der Waals surface area contributed by atoms with Crippen LogP contribution in [0, 0.1) is 0 Å². The van der Waals surface area contributed by atoms with E-state index in [1.54, 1.807) is 0 Å². The summed E-state index contributed by atoms with van der Waals surface area (Å²) < 4.78 is 0. The summed E-state index contributed by atoms with van der Waals surface area (Å²) in [5.41, 5.74) is 0. The lowest BCUT2D eigenvalue weighted by Gasteiger charge is -2.08. The molecule has 3 heteroatoms. The van der Waals surface area contributed by atoms with Gasteiger partial charge in [-0.15, -0.1) is 0 Å². The summed E-state index contributed by atoms with van der Waals surface area (Å²) in [4.78, 5) is 11.8. The quantitative estimate of drug-likeness (QED) is 0.502. The minimum absolute atomic E-state index is 0.816.